The summed E-state index contributed by atoms with van der Waals surface area (Å²) >= 11 is 0. The number of hydrogen-bond donors (Lipinski definition) is 2. The molecule has 1 heterocycles. The van der Waals surface area contributed by atoms with Crippen LogP contribution >= 0.6 is 0 Å². The van der Waals surface area contributed by atoms with Crippen LogP contribution in [0, 0.1) is 0 Å². The number of amides is 1. The van der Waals surface area contributed by atoms with E-state index in [1.165, 1.54) is 5.56 Å². The van der Waals surface area contributed by atoms with Crippen LogP contribution in [0.3, 0.4) is 0 Å². The Kier molecular flexibility index (Phi) is 3.87. The Hall–Kier alpha value is -1.55. The normalized spacial score (nSPS) is 16.6. The number of rotatable bonds is 4. The van der Waals surface area contributed by atoms with Crippen molar-refractivity contribution in [3.8, 4) is 0 Å². The van der Waals surface area contributed by atoms with E-state index in [9.17, 15) is 4.79 Å². The van der Waals surface area contributed by atoms with Crippen LogP contribution in [0.25, 0.3) is 0 Å². The van der Waals surface area contributed by atoms with E-state index in [-0.39, 0.29) is 11.9 Å². The van der Waals surface area contributed by atoms with E-state index in [0.717, 1.165) is 37.2 Å². The molecule has 1 aromatic rings. The van der Waals surface area contributed by atoms with E-state index >= 15 is 0 Å². The summed E-state index contributed by atoms with van der Waals surface area (Å²) < 4.78 is 0. The molecule has 1 amide bonds. The van der Waals surface area contributed by atoms with Crippen molar-refractivity contribution in [2.75, 3.05) is 17.2 Å². The van der Waals surface area contributed by atoms with Gasteiger partial charge in [-0.2, -0.15) is 0 Å². The molecule has 0 aromatic heterocycles. The molecule has 0 saturated carbocycles. The largest absolute Gasteiger partial charge is 0.399 e. The Morgan fingerprint density at radius 3 is 2.89 bits per heavy atom. The maximum atomic E-state index is 12.0. The third-order valence-electron chi connectivity index (χ3n) is 3.34. The van der Waals surface area contributed by atoms with Crippen LogP contribution in [-0.4, -0.2) is 18.5 Å². The minimum absolute atomic E-state index is 0.191. The number of anilines is 2. The molecule has 0 spiro atoms. The van der Waals surface area contributed by atoms with Gasteiger partial charge in [-0.3, -0.25) is 4.79 Å². The molecule has 2 rings (SSSR count). The van der Waals surface area contributed by atoms with Gasteiger partial charge in [0.15, 0.2) is 0 Å². The molecule has 1 aromatic carbocycles. The van der Waals surface area contributed by atoms with Gasteiger partial charge in [0.1, 0.15) is 0 Å². The van der Waals surface area contributed by atoms with E-state index < -0.39 is 0 Å². The van der Waals surface area contributed by atoms with Crippen molar-refractivity contribution in [3.63, 3.8) is 0 Å². The lowest BCUT2D eigenvalue weighted by atomic mass is 10.00. The van der Waals surface area contributed by atoms with Crippen molar-refractivity contribution >= 4 is 17.3 Å². The second-order valence-electron chi connectivity index (χ2n) is 5.05. The van der Waals surface area contributed by atoms with Crippen LogP contribution in [0.5, 0.6) is 0 Å². The number of nitrogens with zero attached hydrogens (tertiary/aromatic N) is 1. The van der Waals surface area contributed by atoms with Crippen LogP contribution in [0.4, 0.5) is 11.4 Å². The van der Waals surface area contributed by atoms with Crippen LogP contribution in [0.15, 0.2) is 18.2 Å². The maximum absolute atomic E-state index is 12.0. The second-order valence-corrected chi connectivity index (χ2v) is 5.05. The average molecular weight is 247 g/mol. The van der Waals surface area contributed by atoms with Gasteiger partial charge in [-0.05, 0) is 49.9 Å². The summed E-state index contributed by atoms with van der Waals surface area (Å²) in [6.45, 7) is 2.74. The van der Waals surface area contributed by atoms with E-state index in [4.69, 9.17) is 11.5 Å². The monoisotopic (exact) mass is 247 g/mol. The first-order chi connectivity index (χ1) is 8.58. The van der Waals surface area contributed by atoms with Crippen molar-refractivity contribution in [2.24, 2.45) is 5.73 Å². The highest BCUT2D eigenvalue weighted by atomic mass is 16.2. The number of carbonyl (C=O) groups excluding carboxylic acids is 1. The van der Waals surface area contributed by atoms with Crippen molar-refractivity contribution < 1.29 is 4.79 Å². The standard InChI is InChI=1S/C14H21N3O/c1-10(15)3-2-8-17-13-6-5-12(16)9-11(13)4-7-14(17)18/h5-6,9-10H,2-4,7-8,15-16H2,1H3. The van der Waals surface area contributed by atoms with E-state index in [2.05, 4.69) is 0 Å². The third kappa shape index (κ3) is 2.82. The van der Waals surface area contributed by atoms with Gasteiger partial charge in [0.05, 0.1) is 0 Å². The Morgan fingerprint density at radius 2 is 2.17 bits per heavy atom. The summed E-state index contributed by atoms with van der Waals surface area (Å²) in [7, 11) is 0. The zero-order valence-electron chi connectivity index (χ0n) is 10.9. The summed E-state index contributed by atoms with van der Waals surface area (Å²) in [5.74, 6) is 0.206. The molecule has 0 fully saturated rings. The summed E-state index contributed by atoms with van der Waals surface area (Å²) in [4.78, 5) is 13.9. The molecule has 4 heteroatoms. The van der Waals surface area contributed by atoms with Gasteiger partial charge in [0.25, 0.3) is 0 Å². The molecule has 98 valence electrons. The summed E-state index contributed by atoms with van der Waals surface area (Å²) in [5, 5.41) is 0. The van der Waals surface area contributed by atoms with Crippen molar-refractivity contribution in [2.45, 2.75) is 38.6 Å². The van der Waals surface area contributed by atoms with Crippen molar-refractivity contribution in [1.29, 1.82) is 0 Å². The van der Waals surface area contributed by atoms with Gasteiger partial charge in [-0.25, -0.2) is 0 Å². The van der Waals surface area contributed by atoms with Gasteiger partial charge >= 0.3 is 0 Å². The molecule has 0 aliphatic carbocycles. The fraction of sp³-hybridized carbons (Fsp3) is 0.500. The van der Waals surface area contributed by atoms with Gasteiger partial charge in [0.2, 0.25) is 5.91 Å². The number of hydrogen-bond acceptors (Lipinski definition) is 3. The molecule has 18 heavy (non-hydrogen) atoms. The zero-order chi connectivity index (χ0) is 13.1. The number of aryl methyl sites for hydroxylation is 1. The van der Waals surface area contributed by atoms with Gasteiger partial charge in [-0.1, -0.05) is 0 Å². The molecule has 0 radical (unpaired) electrons. The lowest BCUT2D eigenvalue weighted by molar-refractivity contribution is -0.118. The first-order valence-electron chi connectivity index (χ1n) is 6.52. The van der Waals surface area contributed by atoms with Crippen molar-refractivity contribution in [3.05, 3.63) is 23.8 Å². The lowest BCUT2D eigenvalue weighted by Gasteiger charge is -2.29. The molecule has 4 nitrogen and oxygen atoms in total. The molecule has 1 atom stereocenters. The average Bonchev–Trinajstić information content (AvgIpc) is 2.31. The summed E-state index contributed by atoms with van der Waals surface area (Å²) in [5.41, 5.74) is 14.5. The highest BCUT2D eigenvalue weighted by Crippen LogP contribution is 2.29. The van der Waals surface area contributed by atoms with Crippen LogP contribution < -0.4 is 16.4 Å². The molecular formula is C14H21N3O. The van der Waals surface area contributed by atoms with E-state index in [1.807, 2.05) is 30.0 Å². The predicted molar refractivity (Wildman–Crippen MR) is 74.4 cm³/mol. The summed E-state index contributed by atoms with van der Waals surface area (Å²) in [6, 6.07) is 5.97. The fourth-order valence-corrected chi connectivity index (χ4v) is 2.40. The molecule has 0 bridgehead atoms. The number of nitrogens with two attached hydrogens (primary N) is 2. The highest BCUT2D eigenvalue weighted by molar-refractivity contribution is 5.96. The summed E-state index contributed by atoms with van der Waals surface area (Å²) in [6.07, 6.45) is 3.25. The molecule has 1 aliphatic heterocycles. The third-order valence-corrected chi connectivity index (χ3v) is 3.34. The van der Waals surface area contributed by atoms with Gasteiger partial charge in [-0.15, -0.1) is 0 Å². The molecule has 1 unspecified atom stereocenters. The lowest BCUT2D eigenvalue weighted by Crippen LogP contribution is -2.36. The fourth-order valence-electron chi connectivity index (χ4n) is 2.40. The highest BCUT2D eigenvalue weighted by Gasteiger charge is 2.23. The smallest absolute Gasteiger partial charge is 0.227 e. The number of benzene rings is 1. The first kappa shape index (κ1) is 12.9. The number of nitrogen functional groups attached to an aromatic ring is 1. The maximum Gasteiger partial charge on any atom is 0.227 e. The number of fused-ring (bicyclic) bond motifs is 1. The first-order valence-corrected chi connectivity index (χ1v) is 6.52. The Labute approximate surface area is 108 Å². The topological polar surface area (TPSA) is 72.3 Å². The zero-order valence-corrected chi connectivity index (χ0v) is 10.9. The minimum atomic E-state index is 0.191. The van der Waals surface area contributed by atoms with E-state index in [1.54, 1.807) is 0 Å². The van der Waals surface area contributed by atoms with Crippen LogP contribution in [-0.2, 0) is 11.2 Å². The Morgan fingerprint density at radius 1 is 1.39 bits per heavy atom. The van der Waals surface area contributed by atoms with Gasteiger partial charge < -0.3 is 16.4 Å². The van der Waals surface area contributed by atoms with Gasteiger partial charge in [0, 0.05) is 30.4 Å². The Bertz CT molecular complexity index is 443. The Balaban J connectivity index is 2.12. The predicted octanol–water partition coefficient (Wildman–Crippen LogP) is 1.68. The molecule has 4 N–H and O–H groups in total. The SMILES string of the molecule is CC(N)CCCN1C(=O)CCc2cc(N)ccc21. The van der Waals surface area contributed by atoms with Crippen LogP contribution in [0.2, 0.25) is 0 Å². The minimum Gasteiger partial charge on any atom is -0.399 e. The van der Waals surface area contributed by atoms with Crippen LogP contribution in [0.1, 0.15) is 31.7 Å². The molecule has 0 saturated heterocycles. The molecular weight excluding hydrogens is 226 g/mol. The number of carbonyl (C=O) groups is 1. The van der Waals surface area contributed by atoms with Crippen molar-refractivity contribution in [1.82, 2.24) is 0 Å². The molecule has 1 aliphatic rings. The second kappa shape index (κ2) is 5.40. The quantitative estimate of drug-likeness (QED) is 0.795. The van der Waals surface area contributed by atoms with E-state index in [0.29, 0.717) is 6.42 Å².